The number of ether oxygens (including phenoxy) is 1. The highest BCUT2D eigenvalue weighted by Crippen LogP contribution is 2.43. The molecule has 3 fully saturated rings. The fourth-order valence-corrected chi connectivity index (χ4v) is 4.83. The molecule has 1 aromatic carbocycles. The minimum absolute atomic E-state index is 0.202. The lowest BCUT2D eigenvalue weighted by molar-refractivity contribution is 0.390. The molecule has 0 aromatic heterocycles. The maximum absolute atomic E-state index is 5.55. The van der Waals surface area contributed by atoms with Crippen LogP contribution in [-0.4, -0.2) is 20.2 Å². The standard InChI is InChI=1S/C16H25NO.C7H12/c1-16(2,3)13-5-6-15(18-4)14(11-13)12-7-9-17-10-8-12;1-2-7-4-3-6(1)5-7/h5-6,11-12,17H,7-10H2,1-4H3;6-7H,1-5H2. The van der Waals surface area contributed by atoms with Gasteiger partial charge in [-0.2, -0.15) is 0 Å². The molecule has 25 heavy (non-hydrogen) atoms. The van der Waals surface area contributed by atoms with Crippen molar-refractivity contribution in [2.24, 2.45) is 11.8 Å². The van der Waals surface area contributed by atoms with Gasteiger partial charge in [0.2, 0.25) is 0 Å². The zero-order valence-electron chi connectivity index (χ0n) is 16.7. The number of piperidine rings is 1. The van der Waals surface area contributed by atoms with Crippen molar-refractivity contribution in [3.63, 3.8) is 0 Å². The van der Waals surface area contributed by atoms with Crippen LogP contribution in [0.5, 0.6) is 5.75 Å². The van der Waals surface area contributed by atoms with E-state index in [0.29, 0.717) is 5.92 Å². The topological polar surface area (TPSA) is 21.3 Å². The summed E-state index contributed by atoms with van der Waals surface area (Å²) in [7, 11) is 1.77. The maximum Gasteiger partial charge on any atom is 0.122 e. The smallest absolute Gasteiger partial charge is 0.122 e. The van der Waals surface area contributed by atoms with Crippen LogP contribution in [0.25, 0.3) is 0 Å². The van der Waals surface area contributed by atoms with Gasteiger partial charge in [0, 0.05) is 0 Å². The number of benzene rings is 1. The summed E-state index contributed by atoms with van der Waals surface area (Å²) in [6.07, 6.45) is 10.2. The number of hydrogen-bond acceptors (Lipinski definition) is 2. The zero-order valence-corrected chi connectivity index (χ0v) is 16.7. The second-order valence-corrected chi connectivity index (χ2v) is 9.35. The maximum atomic E-state index is 5.55. The van der Waals surface area contributed by atoms with Crippen LogP contribution in [0.3, 0.4) is 0 Å². The largest absolute Gasteiger partial charge is 0.496 e. The molecule has 4 rings (SSSR count). The molecule has 1 saturated heterocycles. The van der Waals surface area contributed by atoms with Gasteiger partial charge >= 0.3 is 0 Å². The summed E-state index contributed by atoms with van der Waals surface area (Å²) < 4.78 is 5.55. The molecule has 0 radical (unpaired) electrons. The number of rotatable bonds is 2. The van der Waals surface area contributed by atoms with Gasteiger partial charge in [-0.05, 0) is 72.7 Å². The van der Waals surface area contributed by atoms with E-state index in [4.69, 9.17) is 4.74 Å². The van der Waals surface area contributed by atoms with Gasteiger partial charge in [-0.15, -0.1) is 0 Å². The van der Waals surface area contributed by atoms with E-state index < -0.39 is 0 Å². The van der Waals surface area contributed by atoms with Crippen molar-refractivity contribution in [2.45, 2.75) is 77.0 Å². The van der Waals surface area contributed by atoms with Crippen LogP contribution in [0.2, 0.25) is 0 Å². The molecule has 1 aliphatic heterocycles. The van der Waals surface area contributed by atoms with Crippen LogP contribution >= 0.6 is 0 Å². The molecule has 0 amide bonds. The quantitative estimate of drug-likeness (QED) is 0.748. The monoisotopic (exact) mass is 343 g/mol. The zero-order chi connectivity index (χ0) is 17.9. The Hall–Kier alpha value is -1.02. The Kier molecular flexibility index (Phi) is 6.09. The molecule has 2 nitrogen and oxygen atoms in total. The summed E-state index contributed by atoms with van der Waals surface area (Å²) in [6.45, 7) is 9.03. The number of methoxy groups -OCH3 is 1. The van der Waals surface area contributed by atoms with Crippen LogP contribution in [0.4, 0.5) is 0 Å². The van der Waals surface area contributed by atoms with Crippen molar-refractivity contribution in [3.8, 4) is 5.75 Å². The van der Waals surface area contributed by atoms with Crippen molar-refractivity contribution >= 4 is 0 Å². The predicted octanol–water partition coefficient (Wildman–Crippen LogP) is 5.66. The summed E-state index contributed by atoms with van der Waals surface area (Å²) in [5, 5.41) is 3.43. The Bertz CT molecular complexity index is 536. The summed E-state index contributed by atoms with van der Waals surface area (Å²) in [6, 6.07) is 6.69. The van der Waals surface area contributed by atoms with Gasteiger partial charge in [-0.1, -0.05) is 58.6 Å². The van der Waals surface area contributed by atoms with Gasteiger partial charge in [0.1, 0.15) is 5.75 Å². The minimum Gasteiger partial charge on any atom is -0.496 e. The fraction of sp³-hybridized carbons (Fsp3) is 0.739. The first-order valence-corrected chi connectivity index (χ1v) is 10.4. The van der Waals surface area contributed by atoms with E-state index in [1.807, 2.05) is 0 Å². The molecule has 3 aliphatic rings. The van der Waals surface area contributed by atoms with Gasteiger partial charge in [0.05, 0.1) is 7.11 Å². The summed E-state index contributed by atoms with van der Waals surface area (Å²) in [4.78, 5) is 0. The molecule has 2 aliphatic carbocycles. The Morgan fingerprint density at radius 3 is 1.96 bits per heavy atom. The average Bonchev–Trinajstić information content (AvgIpc) is 3.27. The molecular formula is C23H37NO. The Labute approximate surface area is 154 Å². The van der Waals surface area contributed by atoms with E-state index in [1.165, 1.54) is 35.8 Å². The minimum atomic E-state index is 0.202. The molecule has 1 heterocycles. The third-order valence-corrected chi connectivity index (χ3v) is 6.51. The molecule has 0 atom stereocenters. The van der Waals surface area contributed by atoms with E-state index in [0.717, 1.165) is 18.8 Å². The van der Waals surface area contributed by atoms with Crippen LogP contribution in [0, 0.1) is 11.8 Å². The first kappa shape index (κ1) is 18.8. The van der Waals surface area contributed by atoms with E-state index in [1.54, 1.807) is 39.2 Å². The van der Waals surface area contributed by atoms with Crippen molar-refractivity contribution in [3.05, 3.63) is 29.3 Å². The molecule has 1 aromatic rings. The first-order chi connectivity index (χ1) is 12.0. The third-order valence-electron chi connectivity index (χ3n) is 6.51. The Morgan fingerprint density at radius 1 is 0.920 bits per heavy atom. The first-order valence-electron chi connectivity index (χ1n) is 10.4. The highest BCUT2D eigenvalue weighted by Gasteiger charge is 2.30. The molecule has 1 N–H and O–H groups in total. The van der Waals surface area contributed by atoms with Crippen molar-refractivity contribution in [1.29, 1.82) is 0 Å². The molecule has 2 saturated carbocycles. The van der Waals surface area contributed by atoms with Crippen LogP contribution in [0.1, 0.15) is 82.8 Å². The normalized spacial score (nSPS) is 26.2. The number of fused-ring (bicyclic) bond motifs is 2. The predicted molar refractivity (Wildman–Crippen MR) is 107 cm³/mol. The van der Waals surface area contributed by atoms with Crippen molar-refractivity contribution < 1.29 is 4.74 Å². The van der Waals surface area contributed by atoms with E-state index >= 15 is 0 Å². The van der Waals surface area contributed by atoms with Gasteiger partial charge < -0.3 is 10.1 Å². The molecule has 140 valence electrons. The van der Waals surface area contributed by atoms with Gasteiger partial charge in [-0.25, -0.2) is 0 Å². The van der Waals surface area contributed by atoms with Crippen molar-refractivity contribution in [1.82, 2.24) is 5.32 Å². The second kappa shape index (κ2) is 8.12. The Balaban J connectivity index is 0.000000213. The number of hydrogen-bond donors (Lipinski definition) is 1. The second-order valence-electron chi connectivity index (χ2n) is 9.35. The third kappa shape index (κ3) is 4.78. The Morgan fingerprint density at radius 2 is 1.52 bits per heavy atom. The van der Waals surface area contributed by atoms with Gasteiger partial charge in [0.25, 0.3) is 0 Å². The van der Waals surface area contributed by atoms with E-state index in [2.05, 4.69) is 44.3 Å². The van der Waals surface area contributed by atoms with Gasteiger partial charge in [-0.3, -0.25) is 0 Å². The lowest BCUT2D eigenvalue weighted by atomic mass is 9.82. The van der Waals surface area contributed by atoms with E-state index in [9.17, 15) is 0 Å². The SMILES string of the molecule is C1CC2CCC1C2.COc1ccc(C(C)(C)C)cc1C1CCNCC1. The fourth-order valence-electron chi connectivity index (χ4n) is 4.83. The average molecular weight is 344 g/mol. The summed E-state index contributed by atoms with van der Waals surface area (Å²) in [5.41, 5.74) is 3.00. The van der Waals surface area contributed by atoms with Crippen LogP contribution in [0.15, 0.2) is 18.2 Å². The van der Waals surface area contributed by atoms with Crippen molar-refractivity contribution in [2.75, 3.05) is 20.2 Å². The molecule has 0 spiro atoms. The molecule has 0 unspecified atom stereocenters. The number of nitrogens with one attached hydrogen (secondary N) is 1. The van der Waals surface area contributed by atoms with Crippen LogP contribution < -0.4 is 10.1 Å². The van der Waals surface area contributed by atoms with E-state index in [-0.39, 0.29) is 5.41 Å². The molecular weight excluding hydrogens is 306 g/mol. The lowest BCUT2D eigenvalue weighted by Crippen LogP contribution is -2.27. The molecule has 2 heteroatoms. The van der Waals surface area contributed by atoms with Crippen LogP contribution in [-0.2, 0) is 5.41 Å². The summed E-state index contributed by atoms with van der Waals surface area (Å²) in [5.74, 6) is 4.04. The molecule has 2 bridgehead atoms. The highest BCUT2D eigenvalue weighted by atomic mass is 16.5. The van der Waals surface area contributed by atoms with Gasteiger partial charge in [0.15, 0.2) is 0 Å². The summed E-state index contributed by atoms with van der Waals surface area (Å²) >= 11 is 0. The highest BCUT2D eigenvalue weighted by molar-refractivity contribution is 5.42. The lowest BCUT2D eigenvalue weighted by Gasteiger charge is -2.27.